The van der Waals surface area contributed by atoms with Crippen LogP contribution in [0.5, 0.6) is 5.75 Å². The van der Waals surface area contributed by atoms with Crippen molar-refractivity contribution in [2.75, 3.05) is 51.8 Å². The van der Waals surface area contributed by atoms with E-state index in [0.29, 0.717) is 42.4 Å². The third-order valence-corrected chi connectivity index (χ3v) is 13.5. The van der Waals surface area contributed by atoms with Crippen molar-refractivity contribution >= 4 is 29.2 Å². The molecule has 0 bridgehead atoms. The Kier molecular flexibility index (Phi) is 12.0. The number of nitrogens with zero attached hydrogens (tertiary/aromatic N) is 4. The van der Waals surface area contributed by atoms with Crippen LogP contribution in [0.25, 0.3) is 0 Å². The first-order valence-electron chi connectivity index (χ1n) is 20.2. The van der Waals surface area contributed by atoms with E-state index in [1.165, 1.54) is 29.8 Å². The predicted octanol–water partition coefficient (Wildman–Crippen LogP) is 8.66. The molecule has 1 amide bonds. The van der Waals surface area contributed by atoms with Crippen LogP contribution in [0.2, 0.25) is 5.02 Å². The summed E-state index contributed by atoms with van der Waals surface area (Å²) in [7, 11) is 3.20. The van der Waals surface area contributed by atoms with Crippen molar-refractivity contribution in [3.8, 4) is 5.75 Å². The zero-order chi connectivity index (χ0) is 40.7. The maximum absolute atomic E-state index is 16.0. The molecule has 0 radical (unpaired) electrons. The van der Waals surface area contributed by atoms with Crippen LogP contribution >= 0.6 is 11.6 Å². The van der Waals surface area contributed by atoms with E-state index in [9.17, 15) is 22.8 Å². The lowest BCUT2D eigenvalue weighted by Crippen LogP contribution is -2.63. The first-order valence-corrected chi connectivity index (χ1v) is 20.6. The Hall–Kier alpha value is -3.74. The molecular weight excluding hydrogens is 760 g/mol. The van der Waals surface area contributed by atoms with Gasteiger partial charge in [0.1, 0.15) is 17.1 Å². The third kappa shape index (κ3) is 8.15. The summed E-state index contributed by atoms with van der Waals surface area (Å²) >= 11 is 6.25. The number of alkyl halides is 3. The number of carbonyl (C=O) groups excluding carboxylic acids is 2. The highest BCUT2D eigenvalue weighted by Crippen LogP contribution is 2.58. The van der Waals surface area contributed by atoms with E-state index < -0.39 is 29.0 Å². The molecule has 3 atom stereocenters. The molecule has 3 aromatic rings. The molecule has 308 valence electrons. The van der Waals surface area contributed by atoms with Crippen LogP contribution in [0, 0.1) is 17.7 Å². The van der Waals surface area contributed by atoms with Crippen molar-refractivity contribution < 1.29 is 36.6 Å². The van der Waals surface area contributed by atoms with Crippen LogP contribution in [-0.2, 0) is 39.1 Å². The molecule has 0 N–H and O–H groups in total. The third-order valence-electron chi connectivity index (χ3n) is 13.3. The summed E-state index contributed by atoms with van der Waals surface area (Å²) in [6.45, 7) is 8.63. The number of hydrogen-bond acceptors (Lipinski definition) is 7. The van der Waals surface area contributed by atoms with Gasteiger partial charge in [-0.05, 0) is 129 Å². The number of pyridine rings is 1. The van der Waals surface area contributed by atoms with Crippen LogP contribution in [0.15, 0.2) is 48.7 Å². The minimum Gasteiger partial charge on any atom is -0.493 e. The van der Waals surface area contributed by atoms with Gasteiger partial charge in [0.2, 0.25) is 0 Å². The van der Waals surface area contributed by atoms with E-state index in [2.05, 4.69) is 35.7 Å². The zero-order valence-corrected chi connectivity index (χ0v) is 34.0. The van der Waals surface area contributed by atoms with Crippen molar-refractivity contribution in [2.45, 2.75) is 101 Å². The van der Waals surface area contributed by atoms with Crippen molar-refractivity contribution in [3.63, 3.8) is 0 Å². The van der Waals surface area contributed by atoms with Crippen LogP contribution in [0.4, 0.5) is 23.2 Å². The molecule has 3 aliphatic carbocycles. The zero-order valence-electron chi connectivity index (χ0n) is 33.3. The first-order chi connectivity index (χ1) is 27.1. The van der Waals surface area contributed by atoms with Gasteiger partial charge in [-0.2, -0.15) is 13.2 Å². The number of benzene rings is 2. The molecule has 1 saturated heterocycles. The number of piperazine rings is 1. The molecule has 4 aliphatic rings. The van der Waals surface area contributed by atoms with Crippen LogP contribution in [0.3, 0.4) is 0 Å². The number of halogens is 5. The summed E-state index contributed by atoms with van der Waals surface area (Å²) in [6.07, 6.45) is 1.29. The molecule has 1 saturated carbocycles. The maximum atomic E-state index is 16.0. The van der Waals surface area contributed by atoms with Gasteiger partial charge in [-0.15, -0.1) is 0 Å². The minimum atomic E-state index is -5.28. The lowest BCUT2D eigenvalue weighted by Gasteiger charge is -2.51. The second kappa shape index (κ2) is 16.5. The number of rotatable bonds is 10. The molecule has 2 fully saturated rings. The van der Waals surface area contributed by atoms with Crippen molar-refractivity contribution in [3.05, 3.63) is 87.4 Å². The average Bonchev–Trinajstić information content (AvgIpc) is 3.45. The molecule has 2 aromatic carbocycles. The highest BCUT2D eigenvalue weighted by Gasteiger charge is 2.60. The predicted molar refractivity (Wildman–Crippen MR) is 211 cm³/mol. The van der Waals surface area contributed by atoms with Crippen molar-refractivity contribution in [1.29, 1.82) is 0 Å². The lowest BCUT2D eigenvalue weighted by atomic mass is 9.59. The van der Waals surface area contributed by atoms with Crippen LogP contribution < -0.4 is 9.64 Å². The summed E-state index contributed by atoms with van der Waals surface area (Å²) in [5.74, 6) is -2.10. The number of hydrogen-bond donors (Lipinski definition) is 0. The SMILES string of the molecule is COC(=O)C1(N(C(=O)C(F)(F)F)c2cccc(Cl)c2)CCC2(CC1)c1cc(CN3CCN(C)CC3)c(F)cc1C[C@@H]2C[C@@H](C)COc1ccnc2c1[C@H](C)CCC2. The molecule has 1 aromatic heterocycles. The number of aromatic nitrogens is 1. The molecule has 13 heteroatoms. The van der Waals surface area contributed by atoms with Gasteiger partial charge in [-0.1, -0.05) is 37.6 Å². The number of esters is 1. The number of aryl methyl sites for hydroxylation is 1. The van der Waals surface area contributed by atoms with Gasteiger partial charge >= 0.3 is 18.1 Å². The Morgan fingerprint density at radius 1 is 1.07 bits per heavy atom. The van der Waals surface area contributed by atoms with E-state index in [-0.39, 0.29) is 54.0 Å². The Bertz CT molecular complexity index is 1960. The molecule has 2 heterocycles. The second-order valence-electron chi connectivity index (χ2n) is 17.0. The quantitative estimate of drug-likeness (QED) is 0.150. The number of anilines is 1. The van der Waals surface area contributed by atoms with Crippen molar-refractivity contribution in [1.82, 2.24) is 14.8 Å². The molecular formula is C44H53ClF4N4O4. The Morgan fingerprint density at radius 3 is 2.49 bits per heavy atom. The number of ether oxygens (including phenoxy) is 2. The van der Waals surface area contributed by atoms with Gasteiger partial charge in [-0.25, -0.2) is 9.18 Å². The molecule has 57 heavy (non-hydrogen) atoms. The second-order valence-corrected chi connectivity index (χ2v) is 17.4. The number of carbonyl (C=O) groups is 2. The maximum Gasteiger partial charge on any atom is 0.471 e. The standard InChI is InChI=1S/C44H53ClF4N4O4/c1-28(27-57-38-11-16-50-37-10-5-7-29(2)39(37)38)21-32-22-30-24-36(46)31(26-52-19-17-51(3)18-20-52)23-35(30)42(32)12-14-43(15-13-42,41(55)56-4)53(40(54)44(47,48)49)34-9-6-8-33(45)25-34/h6,8-9,11,16,23-25,28-29,32H,5,7,10,12-15,17-22,26-27H2,1-4H3/t28-,29-,32+,42?,43?/m1/s1. The van der Waals surface area contributed by atoms with Crippen LogP contribution in [-0.4, -0.2) is 85.3 Å². The largest absolute Gasteiger partial charge is 0.493 e. The summed E-state index contributed by atoms with van der Waals surface area (Å²) in [6, 6.07) is 11.1. The average molecular weight is 813 g/mol. The van der Waals surface area contributed by atoms with Gasteiger partial charge in [-0.3, -0.25) is 19.6 Å². The smallest absolute Gasteiger partial charge is 0.471 e. The van der Waals surface area contributed by atoms with Gasteiger partial charge in [0.15, 0.2) is 0 Å². The monoisotopic (exact) mass is 812 g/mol. The molecule has 1 spiro atoms. The fraction of sp³-hybridized carbons (Fsp3) is 0.568. The minimum absolute atomic E-state index is 0.0248. The van der Waals surface area contributed by atoms with E-state index in [4.69, 9.17) is 21.1 Å². The first kappa shape index (κ1) is 41.4. The molecule has 7 rings (SSSR count). The van der Waals surface area contributed by atoms with E-state index in [0.717, 1.165) is 75.1 Å². The van der Waals surface area contributed by atoms with E-state index in [1.807, 2.05) is 12.1 Å². The number of likely N-dealkylation sites (N-methyl/N-ethyl adjacent to an activating group) is 1. The molecule has 8 nitrogen and oxygen atoms in total. The summed E-state index contributed by atoms with van der Waals surface area (Å²) < 4.78 is 71.1. The normalized spacial score (nSPS) is 25.8. The number of amides is 1. The Balaban J connectivity index is 1.23. The summed E-state index contributed by atoms with van der Waals surface area (Å²) in [4.78, 5) is 37.0. The highest BCUT2D eigenvalue weighted by atomic mass is 35.5. The number of fused-ring (bicyclic) bond motifs is 3. The van der Waals surface area contributed by atoms with Gasteiger partial charge < -0.3 is 14.4 Å². The molecule has 1 aliphatic heterocycles. The van der Waals surface area contributed by atoms with Crippen molar-refractivity contribution in [2.24, 2.45) is 11.8 Å². The summed E-state index contributed by atoms with van der Waals surface area (Å²) in [5.41, 5.74) is 2.02. The lowest BCUT2D eigenvalue weighted by molar-refractivity contribution is -0.174. The van der Waals surface area contributed by atoms with Gasteiger partial charge in [0.25, 0.3) is 0 Å². The fourth-order valence-electron chi connectivity index (χ4n) is 10.3. The fourth-order valence-corrected chi connectivity index (χ4v) is 10.5. The van der Waals surface area contributed by atoms with Gasteiger partial charge in [0.05, 0.1) is 13.7 Å². The van der Waals surface area contributed by atoms with E-state index in [1.54, 1.807) is 12.3 Å². The highest BCUT2D eigenvalue weighted by molar-refractivity contribution is 6.31. The van der Waals surface area contributed by atoms with Gasteiger partial charge in [0, 0.05) is 66.5 Å². The van der Waals surface area contributed by atoms with Crippen LogP contribution in [0.1, 0.15) is 92.7 Å². The van der Waals surface area contributed by atoms with E-state index >= 15 is 4.39 Å². The summed E-state index contributed by atoms with van der Waals surface area (Å²) in [5, 5.41) is 0.123. The Labute approximate surface area is 337 Å². The number of methoxy groups -OCH3 is 1. The molecule has 0 unspecified atom stereocenters. The Morgan fingerprint density at radius 2 is 1.81 bits per heavy atom. The topological polar surface area (TPSA) is 75.2 Å².